The topological polar surface area (TPSA) is 77.1 Å². The maximum absolute atomic E-state index is 12.1. The molecule has 1 fully saturated rings. The van der Waals surface area contributed by atoms with Crippen molar-refractivity contribution in [1.29, 1.82) is 0 Å². The maximum Gasteiger partial charge on any atom is 0.410 e. The van der Waals surface area contributed by atoms with Crippen LogP contribution in [-0.2, 0) is 19.0 Å². The van der Waals surface area contributed by atoms with Crippen LogP contribution in [0.4, 0.5) is 4.79 Å². The van der Waals surface area contributed by atoms with Gasteiger partial charge in [0.15, 0.2) is 0 Å². The highest BCUT2D eigenvalue weighted by molar-refractivity contribution is 5.77. The molecule has 1 saturated heterocycles. The number of carbonyl (C=O) groups is 2. The Morgan fingerprint density at radius 2 is 2.10 bits per heavy atom. The summed E-state index contributed by atoms with van der Waals surface area (Å²) in [5, 5.41) is 2.72. The molecule has 0 unspecified atom stereocenters. The summed E-state index contributed by atoms with van der Waals surface area (Å²) in [7, 11) is 1.46. The van der Waals surface area contributed by atoms with Crippen LogP contribution in [0, 0.1) is 0 Å². The van der Waals surface area contributed by atoms with Crippen LogP contribution in [0.2, 0.25) is 0 Å². The first kappa shape index (κ1) is 17.7. The lowest BCUT2D eigenvalue weighted by atomic mass is 10.2. The van der Waals surface area contributed by atoms with Gasteiger partial charge in [-0.05, 0) is 27.2 Å². The summed E-state index contributed by atoms with van der Waals surface area (Å²) in [6.07, 6.45) is 0.170. The van der Waals surface area contributed by atoms with Crippen molar-refractivity contribution in [2.45, 2.75) is 38.9 Å². The molecular formula is C14H26N2O5. The van der Waals surface area contributed by atoms with Crippen LogP contribution in [-0.4, -0.2) is 68.6 Å². The Bertz CT molecular complexity index is 354. The van der Waals surface area contributed by atoms with Gasteiger partial charge in [-0.15, -0.1) is 0 Å². The number of methoxy groups -OCH3 is 1. The number of ether oxygens (including phenoxy) is 3. The normalized spacial score (nSPS) is 19.8. The Balaban J connectivity index is 2.48. The molecule has 1 aliphatic heterocycles. The largest absolute Gasteiger partial charge is 0.444 e. The van der Waals surface area contributed by atoms with E-state index in [-0.39, 0.29) is 24.7 Å². The third kappa shape index (κ3) is 7.29. The van der Waals surface area contributed by atoms with Gasteiger partial charge >= 0.3 is 6.09 Å². The van der Waals surface area contributed by atoms with E-state index in [0.717, 1.165) is 6.42 Å². The highest BCUT2D eigenvalue weighted by atomic mass is 16.6. The van der Waals surface area contributed by atoms with Crippen LogP contribution in [0.15, 0.2) is 0 Å². The smallest absolute Gasteiger partial charge is 0.410 e. The highest BCUT2D eigenvalue weighted by Gasteiger charge is 2.26. The van der Waals surface area contributed by atoms with E-state index < -0.39 is 5.60 Å². The summed E-state index contributed by atoms with van der Waals surface area (Å²) >= 11 is 0. The monoisotopic (exact) mass is 302 g/mol. The second-order valence-electron chi connectivity index (χ2n) is 6.01. The van der Waals surface area contributed by atoms with Crippen LogP contribution < -0.4 is 5.32 Å². The number of nitrogens with zero attached hydrogens (tertiary/aromatic N) is 1. The van der Waals surface area contributed by atoms with Gasteiger partial charge < -0.3 is 24.4 Å². The van der Waals surface area contributed by atoms with E-state index in [1.165, 1.54) is 7.11 Å². The molecule has 2 amide bonds. The zero-order chi connectivity index (χ0) is 15.9. The minimum Gasteiger partial charge on any atom is -0.444 e. The van der Waals surface area contributed by atoms with Crippen molar-refractivity contribution in [2.24, 2.45) is 0 Å². The van der Waals surface area contributed by atoms with Gasteiger partial charge in [0, 0.05) is 26.8 Å². The molecule has 0 bridgehead atoms. The zero-order valence-corrected chi connectivity index (χ0v) is 13.3. The van der Waals surface area contributed by atoms with Crippen LogP contribution in [0.1, 0.15) is 27.2 Å². The lowest BCUT2D eigenvalue weighted by Gasteiger charge is -2.28. The molecule has 7 nitrogen and oxygen atoms in total. The van der Waals surface area contributed by atoms with Crippen molar-refractivity contribution in [1.82, 2.24) is 10.2 Å². The van der Waals surface area contributed by atoms with Crippen molar-refractivity contribution >= 4 is 12.0 Å². The minimum absolute atomic E-state index is 0.0164. The lowest BCUT2D eigenvalue weighted by molar-refractivity contribution is -0.125. The van der Waals surface area contributed by atoms with Crippen LogP contribution in [0.25, 0.3) is 0 Å². The first-order chi connectivity index (χ1) is 9.81. The Morgan fingerprint density at radius 3 is 2.71 bits per heavy atom. The summed E-state index contributed by atoms with van der Waals surface area (Å²) in [5.74, 6) is -0.200. The molecule has 0 spiro atoms. The van der Waals surface area contributed by atoms with Gasteiger partial charge in [-0.3, -0.25) is 4.79 Å². The predicted octanol–water partition coefficient (Wildman–Crippen LogP) is 0.775. The molecule has 1 atom stereocenters. The quantitative estimate of drug-likeness (QED) is 0.830. The first-order valence-corrected chi connectivity index (χ1v) is 7.17. The van der Waals surface area contributed by atoms with E-state index in [9.17, 15) is 9.59 Å². The van der Waals surface area contributed by atoms with Crippen molar-refractivity contribution in [3.05, 3.63) is 0 Å². The molecule has 1 heterocycles. The van der Waals surface area contributed by atoms with E-state index in [1.54, 1.807) is 4.90 Å². The maximum atomic E-state index is 12.1. The lowest BCUT2D eigenvalue weighted by Crippen LogP contribution is -2.44. The molecule has 0 saturated carbocycles. The Kier molecular flexibility index (Phi) is 6.91. The number of amides is 2. The average Bonchev–Trinajstić information content (AvgIpc) is 2.60. The molecule has 0 aromatic rings. The molecule has 1 aliphatic rings. The van der Waals surface area contributed by atoms with E-state index in [0.29, 0.717) is 26.2 Å². The molecule has 0 radical (unpaired) electrons. The molecular weight excluding hydrogens is 276 g/mol. The summed E-state index contributed by atoms with van der Waals surface area (Å²) in [6.45, 7) is 7.43. The van der Waals surface area contributed by atoms with Gasteiger partial charge in [0.1, 0.15) is 12.2 Å². The van der Waals surface area contributed by atoms with E-state index >= 15 is 0 Å². The number of hydrogen-bond acceptors (Lipinski definition) is 5. The van der Waals surface area contributed by atoms with E-state index in [1.807, 2.05) is 20.8 Å². The fourth-order valence-electron chi connectivity index (χ4n) is 1.92. The molecule has 0 aliphatic carbocycles. The van der Waals surface area contributed by atoms with Crippen LogP contribution in [0.3, 0.4) is 0 Å². The second-order valence-corrected chi connectivity index (χ2v) is 6.01. The summed E-state index contributed by atoms with van der Waals surface area (Å²) in [6, 6.07) is 0. The SMILES string of the molecule is COCC(=O)NC[C@@H]1CN(C(=O)OC(C)(C)C)CCCO1. The van der Waals surface area contributed by atoms with Gasteiger partial charge in [-0.2, -0.15) is 0 Å². The molecule has 21 heavy (non-hydrogen) atoms. The highest BCUT2D eigenvalue weighted by Crippen LogP contribution is 2.13. The van der Waals surface area contributed by atoms with Gasteiger partial charge in [-0.1, -0.05) is 0 Å². The van der Waals surface area contributed by atoms with Gasteiger partial charge in [0.05, 0.1) is 12.6 Å². The minimum atomic E-state index is -0.521. The van der Waals surface area contributed by atoms with Crippen LogP contribution in [0.5, 0.6) is 0 Å². The predicted molar refractivity (Wildman–Crippen MR) is 77.0 cm³/mol. The number of carbonyl (C=O) groups excluding carboxylic acids is 2. The molecule has 1 N–H and O–H groups in total. The zero-order valence-electron chi connectivity index (χ0n) is 13.3. The fraction of sp³-hybridized carbons (Fsp3) is 0.857. The third-order valence-electron chi connectivity index (χ3n) is 2.80. The summed E-state index contributed by atoms with van der Waals surface area (Å²) in [4.78, 5) is 25.1. The Hall–Kier alpha value is -1.34. The van der Waals surface area contributed by atoms with Gasteiger partial charge in [0.25, 0.3) is 0 Å². The Labute approximate surface area is 125 Å². The molecule has 1 rings (SSSR count). The average molecular weight is 302 g/mol. The van der Waals surface area contributed by atoms with Crippen molar-refractivity contribution in [3.63, 3.8) is 0 Å². The standard InChI is InChI=1S/C14H26N2O5/c1-14(2,3)21-13(18)16-6-5-7-20-11(9-16)8-15-12(17)10-19-4/h11H,5-10H2,1-4H3,(H,15,17)/t11-/m1/s1. The first-order valence-electron chi connectivity index (χ1n) is 7.17. The third-order valence-corrected chi connectivity index (χ3v) is 2.80. The molecule has 122 valence electrons. The molecule has 0 aromatic carbocycles. The van der Waals surface area contributed by atoms with Gasteiger partial charge in [0.2, 0.25) is 5.91 Å². The fourth-order valence-corrected chi connectivity index (χ4v) is 1.92. The van der Waals surface area contributed by atoms with Gasteiger partial charge in [-0.25, -0.2) is 4.79 Å². The number of rotatable bonds is 4. The van der Waals surface area contributed by atoms with Crippen molar-refractivity contribution in [2.75, 3.05) is 40.0 Å². The number of hydrogen-bond donors (Lipinski definition) is 1. The number of nitrogens with one attached hydrogen (secondary N) is 1. The van der Waals surface area contributed by atoms with Crippen molar-refractivity contribution < 1.29 is 23.8 Å². The van der Waals surface area contributed by atoms with Crippen LogP contribution >= 0.6 is 0 Å². The second kappa shape index (κ2) is 8.19. The molecule has 7 heteroatoms. The Morgan fingerprint density at radius 1 is 1.38 bits per heavy atom. The summed E-state index contributed by atoms with van der Waals surface area (Å²) in [5.41, 5.74) is -0.521. The van der Waals surface area contributed by atoms with Crippen molar-refractivity contribution in [3.8, 4) is 0 Å². The molecule has 0 aromatic heterocycles. The van der Waals surface area contributed by atoms with E-state index in [2.05, 4.69) is 5.32 Å². The van der Waals surface area contributed by atoms with E-state index in [4.69, 9.17) is 14.2 Å². The summed E-state index contributed by atoms with van der Waals surface area (Å²) < 4.78 is 15.8.